The monoisotopic (exact) mass is 228 g/mol. The van der Waals surface area contributed by atoms with E-state index in [1.54, 1.807) is 0 Å². The Morgan fingerprint density at radius 3 is 2.25 bits per heavy atom. The third kappa shape index (κ3) is 3.11. The molecule has 0 bridgehead atoms. The van der Waals surface area contributed by atoms with Crippen molar-refractivity contribution in [1.29, 1.82) is 0 Å². The van der Waals surface area contributed by atoms with Gasteiger partial charge < -0.3 is 5.11 Å². The van der Waals surface area contributed by atoms with E-state index in [0.717, 1.165) is 12.1 Å². The summed E-state index contributed by atoms with van der Waals surface area (Å²) in [5.41, 5.74) is 0.00910. The maximum absolute atomic E-state index is 12.0. The number of benzene rings is 1. The second-order valence-corrected chi connectivity index (χ2v) is 2.86. The van der Waals surface area contributed by atoms with Gasteiger partial charge in [0.25, 0.3) is 5.78 Å². The van der Waals surface area contributed by atoms with Crippen LogP contribution in [0.2, 0.25) is 0 Å². The van der Waals surface area contributed by atoms with Crippen LogP contribution in [0.5, 0.6) is 0 Å². The molecule has 0 aliphatic carbocycles. The van der Waals surface area contributed by atoms with E-state index in [0.29, 0.717) is 5.56 Å². The summed E-state index contributed by atoms with van der Waals surface area (Å²) in [5.74, 6) is 2.97. The van der Waals surface area contributed by atoms with Crippen molar-refractivity contribution >= 4 is 5.78 Å². The number of carbonyl (C=O) groups is 1. The number of hydrogen-bond donors (Lipinski definition) is 1. The lowest BCUT2D eigenvalue weighted by molar-refractivity contribution is -0.0885. The summed E-state index contributed by atoms with van der Waals surface area (Å²) in [6.07, 6.45) is -4.86. The highest BCUT2D eigenvalue weighted by Crippen LogP contribution is 2.21. The molecule has 0 aliphatic rings. The average molecular weight is 228 g/mol. The number of hydrogen-bond acceptors (Lipinski definition) is 2. The Kier molecular flexibility index (Phi) is 3.69. The molecule has 2 nitrogen and oxygen atoms in total. The number of Topliss-reactive ketones (excluding diaryl/α,β-unsaturated/α-hetero) is 1. The molecule has 0 saturated carbocycles. The summed E-state index contributed by atoms with van der Waals surface area (Å²) in [6, 6.07) is 4.69. The maximum Gasteiger partial charge on any atom is 0.454 e. The molecule has 1 aromatic carbocycles. The first kappa shape index (κ1) is 12.3. The van der Waals surface area contributed by atoms with Gasteiger partial charge in [-0.3, -0.25) is 4.79 Å². The van der Waals surface area contributed by atoms with Crippen molar-refractivity contribution in [2.24, 2.45) is 0 Å². The zero-order valence-electron chi connectivity index (χ0n) is 8.01. The molecule has 0 saturated heterocycles. The van der Waals surface area contributed by atoms with Crippen LogP contribution in [0.4, 0.5) is 13.2 Å². The highest BCUT2D eigenvalue weighted by molar-refractivity contribution is 6.00. The van der Waals surface area contributed by atoms with Gasteiger partial charge in [-0.1, -0.05) is 11.8 Å². The van der Waals surface area contributed by atoms with Gasteiger partial charge in [0.15, 0.2) is 0 Å². The number of aliphatic hydroxyl groups excluding tert-OH is 1. The van der Waals surface area contributed by atoms with Crippen molar-refractivity contribution in [3.05, 3.63) is 35.4 Å². The molecule has 0 radical (unpaired) electrons. The fraction of sp³-hybridized carbons (Fsp3) is 0.182. The topological polar surface area (TPSA) is 37.3 Å². The fourth-order valence-corrected chi connectivity index (χ4v) is 1.01. The van der Waals surface area contributed by atoms with Crippen LogP contribution in [0.25, 0.3) is 0 Å². The van der Waals surface area contributed by atoms with Crippen molar-refractivity contribution in [3.8, 4) is 11.8 Å². The molecule has 0 aliphatic heterocycles. The van der Waals surface area contributed by atoms with Gasteiger partial charge in [0.05, 0.1) is 0 Å². The minimum absolute atomic E-state index is 0.330. The van der Waals surface area contributed by atoms with Crippen LogP contribution in [0.15, 0.2) is 24.3 Å². The first-order valence-electron chi connectivity index (χ1n) is 4.26. The second kappa shape index (κ2) is 4.81. The van der Waals surface area contributed by atoms with Crippen molar-refractivity contribution in [3.63, 3.8) is 0 Å². The van der Waals surface area contributed by atoms with Crippen molar-refractivity contribution in [2.75, 3.05) is 6.61 Å². The summed E-state index contributed by atoms with van der Waals surface area (Å²) in [5, 5.41) is 8.40. The lowest BCUT2D eigenvalue weighted by Gasteiger charge is -2.04. The minimum Gasteiger partial charge on any atom is -0.384 e. The Morgan fingerprint density at radius 1 is 1.25 bits per heavy atom. The van der Waals surface area contributed by atoms with E-state index < -0.39 is 17.5 Å². The predicted molar refractivity (Wildman–Crippen MR) is 50.8 cm³/mol. The zero-order valence-corrected chi connectivity index (χ0v) is 8.01. The molecule has 0 aromatic heterocycles. The number of ketones is 1. The molecule has 0 spiro atoms. The van der Waals surface area contributed by atoms with Crippen molar-refractivity contribution in [2.45, 2.75) is 6.18 Å². The van der Waals surface area contributed by atoms with E-state index in [1.165, 1.54) is 12.1 Å². The van der Waals surface area contributed by atoms with Gasteiger partial charge in [-0.25, -0.2) is 0 Å². The minimum atomic E-state index is -4.86. The molecule has 0 amide bonds. The molecular weight excluding hydrogens is 221 g/mol. The highest BCUT2D eigenvalue weighted by Gasteiger charge is 2.38. The van der Waals surface area contributed by atoms with Crippen LogP contribution >= 0.6 is 0 Å². The average Bonchev–Trinajstić information content (AvgIpc) is 2.25. The number of alkyl halides is 3. The molecule has 5 heteroatoms. The Morgan fingerprint density at radius 2 is 1.81 bits per heavy atom. The first-order valence-corrected chi connectivity index (χ1v) is 4.26. The first-order chi connectivity index (χ1) is 7.45. The zero-order chi connectivity index (χ0) is 12.2. The Balaban J connectivity index is 2.91. The number of rotatable bonds is 1. The summed E-state index contributed by atoms with van der Waals surface area (Å²) >= 11 is 0. The van der Waals surface area contributed by atoms with Crippen molar-refractivity contribution < 1.29 is 23.1 Å². The van der Waals surface area contributed by atoms with Gasteiger partial charge in [-0.05, 0) is 24.3 Å². The van der Waals surface area contributed by atoms with Crippen LogP contribution in [0, 0.1) is 11.8 Å². The molecule has 16 heavy (non-hydrogen) atoms. The van der Waals surface area contributed by atoms with Gasteiger partial charge in [0.2, 0.25) is 0 Å². The Hall–Kier alpha value is -1.80. The largest absolute Gasteiger partial charge is 0.454 e. The van der Waals surface area contributed by atoms with E-state index in [1.807, 2.05) is 0 Å². The normalized spacial score (nSPS) is 10.5. The van der Waals surface area contributed by atoms with Gasteiger partial charge >= 0.3 is 6.18 Å². The van der Waals surface area contributed by atoms with Gasteiger partial charge in [0.1, 0.15) is 6.61 Å². The SMILES string of the molecule is O=C(c1ccc(C#CCO)cc1)C(F)(F)F. The van der Waals surface area contributed by atoms with Crippen molar-refractivity contribution in [1.82, 2.24) is 0 Å². The standard InChI is InChI=1S/C11H7F3O2/c12-11(13,14)10(16)9-5-3-8(4-6-9)2-1-7-15/h3-6,15H,7H2. The van der Waals surface area contributed by atoms with Crippen LogP contribution in [-0.2, 0) is 0 Å². The maximum atomic E-state index is 12.0. The van der Waals surface area contributed by atoms with Crippen LogP contribution in [0.3, 0.4) is 0 Å². The molecule has 0 heterocycles. The fourth-order valence-electron chi connectivity index (χ4n) is 1.01. The molecule has 84 valence electrons. The predicted octanol–water partition coefficient (Wildman–Crippen LogP) is 1.78. The molecule has 1 N–H and O–H groups in total. The second-order valence-electron chi connectivity index (χ2n) is 2.86. The molecule has 1 rings (SSSR count). The van der Waals surface area contributed by atoms with E-state index in [2.05, 4.69) is 11.8 Å². The smallest absolute Gasteiger partial charge is 0.384 e. The third-order valence-electron chi connectivity index (χ3n) is 1.72. The Labute approximate surface area is 89.7 Å². The highest BCUT2D eigenvalue weighted by atomic mass is 19.4. The van der Waals surface area contributed by atoms with E-state index in [-0.39, 0.29) is 6.61 Å². The van der Waals surface area contributed by atoms with E-state index in [9.17, 15) is 18.0 Å². The molecule has 0 unspecified atom stereocenters. The summed E-state index contributed by atoms with van der Waals surface area (Å²) < 4.78 is 36.1. The summed E-state index contributed by atoms with van der Waals surface area (Å²) in [7, 11) is 0. The third-order valence-corrected chi connectivity index (χ3v) is 1.72. The van der Waals surface area contributed by atoms with Gasteiger partial charge in [-0.15, -0.1) is 0 Å². The molecule has 1 aromatic rings. The quantitative estimate of drug-likeness (QED) is 0.587. The van der Waals surface area contributed by atoms with Gasteiger partial charge in [-0.2, -0.15) is 13.2 Å². The summed E-state index contributed by atoms with van der Waals surface area (Å²) in [6.45, 7) is -0.330. The van der Waals surface area contributed by atoms with Crippen LogP contribution in [-0.4, -0.2) is 23.7 Å². The van der Waals surface area contributed by atoms with E-state index >= 15 is 0 Å². The lowest BCUT2D eigenvalue weighted by Crippen LogP contribution is -2.22. The van der Waals surface area contributed by atoms with Crippen LogP contribution < -0.4 is 0 Å². The molecule has 0 atom stereocenters. The number of carbonyl (C=O) groups excluding carboxylic acids is 1. The number of halogens is 3. The Bertz CT molecular complexity index is 435. The molecular formula is C11H7F3O2. The number of aliphatic hydroxyl groups is 1. The summed E-state index contributed by atoms with van der Waals surface area (Å²) in [4.78, 5) is 10.8. The molecule has 0 fully saturated rings. The lowest BCUT2D eigenvalue weighted by atomic mass is 10.1. The van der Waals surface area contributed by atoms with Gasteiger partial charge in [0, 0.05) is 11.1 Å². The van der Waals surface area contributed by atoms with Crippen LogP contribution in [0.1, 0.15) is 15.9 Å². The van der Waals surface area contributed by atoms with E-state index in [4.69, 9.17) is 5.11 Å².